The number of carbonyl (C=O) groups excluding carboxylic acids is 2. The number of esters is 1. The number of benzene rings is 2. The first-order valence-electron chi connectivity index (χ1n) is 10.4. The van der Waals surface area contributed by atoms with Gasteiger partial charge in [0.1, 0.15) is 11.9 Å². The van der Waals surface area contributed by atoms with E-state index in [1.54, 1.807) is 23.9 Å². The number of cyclic esters (lactones) is 1. The van der Waals surface area contributed by atoms with Gasteiger partial charge in [-0.3, -0.25) is 14.5 Å². The summed E-state index contributed by atoms with van der Waals surface area (Å²) in [5, 5.41) is 0.626. The minimum Gasteiger partial charge on any atom is -0.457 e. The molecular formula is C24H26ClNO3S. The number of nitrogens with zero attached hydrogens (tertiary/aromatic N) is 1. The van der Waals surface area contributed by atoms with Gasteiger partial charge in [0.05, 0.1) is 12.3 Å². The SMILES string of the molecule is CSc1ccc(CN2CCC(C(=O)[C@@H]3CC(=O)O[C@H]3c3ccc(Cl)cc3)CC2)cc1. The number of halogens is 1. The highest BCUT2D eigenvalue weighted by Gasteiger charge is 2.43. The molecule has 6 heteroatoms. The molecule has 0 aliphatic carbocycles. The average Bonchev–Trinajstić information content (AvgIpc) is 3.16. The summed E-state index contributed by atoms with van der Waals surface area (Å²) in [6.07, 6.45) is 3.43. The molecular weight excluding hydrogens is 418 g/mol. The van der Waals surface area contributed by atoms with Gasteiger partial charge in [0.25, 0.3) is 0 Å². The third-order valence-electron chi connectivity index (χ3n) is 6.13. The van der Waals surface area contributed by atoms with Crippen molar-refractivity contribution in [3.05, 3.63) is 64.7 Å². The van der Waals surface area contributed by atoms with Crippen LogP contribution in [0.1, 0.15) is 36.5 Å². The van der Waals surface area contributed by atoms with Crippen molar-refractivity contribution >= 4 is 35.1 Å². The van der Waals surface area contributed by atoms with E-state index < -0.39 is 12.0 Å². The number of ketones is 1. The first-order valence-corrected chi connectivity index (χ1v) is 12.0. The van der Waals surface area contributed by atoms with E-state index >= 15 is 0 Å². The number of rotatable bonds is 6. The van der Waals surface area contributed by atoms with E-state index in [-0.39, 0.29) is 24.1 Å². The second-order valence-corrected chi connectivity index (χ2v) is 9.39. The maximum absolute atomic E-state index is 13.3. The van der Waals surface area contributed by atoms with E-state index in [0.717, 1.165) is 38.0 Å². The Morgan fingerprint density at radius 2 is 1.77 bits per heavy atom. The third kappa shape index (κ3) is 4.90. The topological polar surface area (TPSA) is 46.6 Å². The zero-order valence-electron chi connectivity index (χ0n) is 17.1. The summed E-state index contributed by atoms with van der Waals surface area (Å²) >= 11 is 7.72. The fraction of sp³-hybridized carbons (Fsp3) is 0.417. The van der Waals surface area contributed by atoms with Crippen LogP contribution in [0.15, 0.2) is 53.4 Å². The van der Waals surface area contributed by atoms with Crippen molar-refractivity contribution in [1.82, 2.24) is 4.90 Å². The van der Waals surface area contributed by atoms with E-state index in [1.807, 2.05) is 12.1 Å². The second-order valence-electron chi connectivity index (χ2n) is 8.07. The molecule has 4 nitrogen and oxygen atoms in total. The smallest absolute Gasteiger partial charge is 0.307 e. The Hall–Kier alpha value is -1.82. The Bertz CT molecular complexity index is 892. The first kappa shape index (κ1) is 21.4. The van der Waals surface area contributed by atoms with Gasteiger partial charge in [-0.25, -0.2) is 0 Å². The lowest BCUT2D eigenvalue weighted by molar-refractivity contribution is -0.142. The predicted molar refractivity (Wildman–Crippen MR) is 120 cm³/mol. The first-order chi connectivity index (χ1) is 14.5. The monoisotopic (exact) mass is 443 g/mol. The largest absolute Gasteiger partial charge is 0.457 e. The highest BCUT2D eigenvalue weighted by molar-refractivity contribution is 7.98. The Kier molecular flexibility index (Phi) is 6.81. The molecule has 2 fully saturated rings. The number of likely N-dealkylation sites (tertiary alicyclic amines) is 1. The van der Waals surface area contributed by atoms with Gasteiger partial charge in [0.2, 0.25) is 0 Å². The molecule has 2 aromatic rings. The van der Waals surface area contributed by atoms with Gasteiger partial charge < -0.3 is 4.74 Å². The van der Waals surface area contributed by atoms with Crippen molar-refractivity contribution in [2.75, 3.05) is 19.3 Å². The molecule has 0 saturated carbocycles. The van der Waals surface area contributed by atoms with Gasteiger partial charge >= 0.3 is 5.97 Å². The van der Waals surface area contributed by atoms with Crippen LogP contribution in [-0.2, 0) is 20.9 Å². The molecule has 2 aliphatic heterocycles. The zero-order chi connectivity index (χ0) is 21.1. The van der Waals surface area contributed by atoms with Crippen LogP contribution in [0.4, 0.5) is 0 Å². The molecule has 2 saturated heterocycles. The zero-order valence-corrected chi connectivity index (χ0v) is 18.6. The van der Waals surface area contributed by atoms with Crippen LogP contribution in [-0.4, -0.2) is 36.0 Å². The molecule has 0 N–H and O–H groups in total. The van der Waals surface area contributed by atoms with Crippen LogP contribution in [0, 0.1) is 11.8 Å². The number of hydrogen-bond acceptors (Lipinski definition) is 5. The number of Topliss-reactive ketones (excluding diaryl/α,β-unsaturated/α-hetero) is 1. The van der Waals surface area contributed by atoms with Gasteiger partial charge in [-0.1, -0.05) is 35.9 Å². The molecule has 0 spiro atoms. The van der Waals surface area contributed by atoms with Gasteiger partial charge in [-0.15, -0.1) is 11.8 Å². The van der Waals surface area contributed by atoms with Gasteiger partial charge in [-0.05, 0) is 67.6 Å². The maximum atomic E-state index is 13.3. The lowest BCUT2D eigenvalue weighted by atomic mass is 9.81. The lowest BCUT2D eigenvalue weighted by Gasteiger charge is -2.32. The Morgan fingerprint density at radius 3 is 2.40 bits per heavy atom. The van der Waals surface area contributed by atoms with Crippen LogP contribution in [0.5, 0.6) is 0 Å². The molecule has 0 radical (unpaired) electrons. The number of carbonyl (C=O) groups is 2. The third-order valence-corrected chi connectivity index (χ3v) is 7.13. The number of thioether (sulfide) groups is 1. The van der Waals surface area contributed by atoms with Crippen LogP contribution in [0.25, 0.3) is 0 Å². The highest BCUT2D eigenvalue weighted by atomic mass is 35.5. The summed E-state index contributed by atoms with van der Waals surface area (Å²) in [4.78, 5) is 28.9. The Labute approximate surface area is 186 Å². The summed E-state index contributed by atoms with van der Waals surface area (Å²) < 4.78 is 5.52. The minimum atomic E-state index is -0.491. The molecule has 0 amide bonds. The summed E-state index contributed by atoms with van der Waals surface area (Å²) in [6.45, 7) is 2.70. The molecule has 2 aliphatic rings. The van der Waals surface area contributed by atoms with Gasteiger partial charge in [0, 0.05) is 22.4 Å². The van der Waals surface area contributed by atoms with Crippen LogP contribution in [0.2, 0.25) is 5.02 Å². The summed E-state index contributed by atoms with van der Waals surface area (Å²) in [5.74, 6) is -0.520. The highest BCUT2D eigenvalue weighted by Crippen LogP contribution is 2.39. The number of hydrogen-bond donors (Lipinski definition) is 0. The normalized spacial score (nSPS) is 22.8. The maximum Gasteiger partial charge on any atom is 0.307 e. The fourth-order valence-electron chi connectivity index (χ4n) is 4.43. The summed E-state index contributed by atoms with van der Waals surface area (Å²) in [6, 6.07) is 15.9. The molecule has 0 bridgehead atoms. The van der Waals surface area contributed by atoms with E-state index in [1.165, 1.54) is 10.5 Å². The van der Waals surface area contributed by atoms with Crippen molar-refractivity contribution < 1.29 is 14.3 Å². The van der Waals surface area contributed by atoms with E-state index in [0.29, 0.717) is 5.02 Å². The van der Waals surface area contributed by atoms with Crippen molar-refractivity contribution in [3.63, 3.8) is 0 Å². The minimum absolute atomic E-state index is 0.00517. The van der Waals surface area contributed by atoms with E-state index in [2.05, 4.69) is 35.4 Å². The number of ether oxygens (including phenoxy) is 1. The quantitative estimate of drug-likeness (QED) is 0.456. The molecule has 158 valence electrons. The Morgan fingerprint density at radius 1 is 1.10 bits per heavy atom. The lowest BCUT2D eigenvalue weighted by Crippen LogP contribution is -2.38. The molecule has 30 heavy (non-hydrogen) atoms. The van der Waals surface area contributed by atoms with E-state index in [9.17, 15) is 9.59 Å². The average molecular weight is 444 g/mol. The van der Waals surface area contributed by atoms with E-state index in [4.69, 9.17) is 16.3 Å². The molecule has 0 aromatic heterocycles. The second kappa shape index (κ2) is 9.54. The molecule has 0 unspecified atom stereocenters. The summed E-state index contributed by atoms with van der Waals surface area (Å²) in [7, 11) is 0. The predicted octanol–water partition coefficient (Wildman–Crippen LogP) is 5.15. The van der Waals surface area contributed by atoms with Crippen molar-refractivity contribution in [2.24, 2.45) is 11.8 Å². The van der Waals surface area contributed by atoms with Crippen LogP contribution < -0.4 is 0 Å². The van der Waals surface area contributed by atoms with Crippen molar-refractivity contribution in [3.8, 4) is 0 Å². The van der Waals surface area contributed by atoms with Crippen molar-refractivity contribution in [1.29, 1.82) is 0 Å². The van der Waals surface area contributed by atoms with Crippen molar-refractivity contribution in [2.45, 2.75) is 36.8 Å². The Balaban J connectivity index is 1.35. The summed E-state index contributed by atoms with van der Waals surface area (Å²) in [5.41, 5.74) is 2.14. The molecule has 2 heterocycles. The molecule has 2 aromatic carbocycles. The van der Waals surface area contributed by atoms with Crippen LogP contribution in [0.3, 0.4) is 0 Å². The molecule has 4 rings (SSSR count). The standard InChI is InChI=1S/C24H26ClNO3S/c1-30-20-8-2-16(3-9-20)15-26-12-10-17(11-13-26)23(28)21-14-22(27)29-24(21)18-4-6-19(25)7-5-18/h2-9,17,21,24H,10-15H2,1H3/t21-,24-/m0/s1. The van der Waals surface area contributed by atoms with Gasteiger partial charge in [-0.2, -0.15) is 0 Å². The number of piperidine rings is 1. The van der Waals surface area contributed by atoms with Crippen LogP contribution >= 0.6 is 23.4 Å². The molecule has 2 atom stereocenters. The van der Waals surface area contributed by atoms with Gasteiger partial charge in [0.15, 0.2) is 0 Å². The fourth-order valence-corrected chi connectivity index (χ4v) is 4.96.